The summed E-state index contributed by atoms with van der Waals surface area (Å²) in [5, 5.41) is 3.22. The summed E-state index contributed by atoms with van der Waals surface area (Å²) in [5.41, 5.74) is 7.80. The van der Waals surface area contributed by atoms with E-state index in [1.165, 1.54) is 14.2 Å². The van der Waals surface area contributed by atoms with Crippen LogP contribution in [0.5, 0.6) is 23.1 Å². The van der Waals surface area contributed by atoms with Crippen molar-refractivity contribution < 1.29 is 35.2 Å². The van der Waals surface area contributed by atoms with Gasteiger partial charge in [0.05, 0.1) is 38.8 Å². The van der Waals surface area contributed by atoms with Gasteiger partial charge in [0.2, 0.25) is 5.88 Å². The van der Waals surface area contributed by atoms with E-state index in [0.717, 1.165) is 23.4 Å². The summed E-state index contributed by atoms with van der Waals surface area (Å²) >= 11 is 0. The lowest BCUT2D eigenvalue weighted by Crippen LogP contribution is -2.23. The zero-order valence-electron chi connectivity index (χ0n) is 23.5. The maximum Gasteiger partial charge on any atom is 0.307 e. The minimum atomic E-state index is -4.09. The Bertz CT molecular complexity index is 1840. The van der Waals surface area contributed by atoms with Gasteiger partial charge in [0.25, 0.3) is 0 Å². The minimum absolute atomic E-state index is 0.0979. The van der Waals surface area contributed by atoms with Crippen molar-refractivity contribution in [3.05, 3.63) is 53.2 Å². The average molecular weight is 605 g/mol. The van der Waals surface area contributed by atoms with E-state index in [0.29, 0.717) is 51.5 Å². The van der Waals surface area contributed by atoms with Gasteiger partial charge in [0.1, 0.15) is 11.6 Å². The van der Waals surface area contributed by atoms with E-state index in [9.17, 15) is 16.8 Å². The summed E-state index contributed by atoms with van der Waals surface area (Å²) < 4.78 is 71.4. The number of hydrogen-bond acceptors (Lipinski definition) is 12. The first-order chi connectivity index (χ1) is 19.3. The van der Waals surface area contributed by atoms with Crippen LogP contribution >= 0.6 is 0 Å². The van der Waals surface area contributed by atoms with Crippen LogP contribution in [0.3, 0.4) is 0 Å². The summed E-state index contributed by atoms with van der Waals surface area (Å²) in [6.45, 7) is 2.50. The van der Waals surface area contributed by atoms with Gasteiger partial charge in [-0.2, -0.15) is 8.42 Å². The summed E-state index contributed by atoms with van der Waals surface area (Å²) in [7, 11) is -3.48. The van der Waals surface area contributed by atoms with Crippen molar-refractivity contribution in [3.63, 3.8) is 0 Å². The first-order valence-electron chi connectivity index (χ1n) is 12.4. The topological polar surface area (TPSA) is 169 Å². The van der Waals surface area contributed by atoms with E-state index in [1.807, 2.05) is 31.2 Å². The predicted octanol–water partition coefficient (Wildman–Crippen LogP) is 3.17. The number of pyridine rings is 2. The Kier molecular flexibility index (Phi) is 8.47. The molecular weight excluding hydrogens is 572 g/mol. The van der Waals surface area contributed by atoms with E-state index >= 15 is 0 Å². The van der Waals surface area contributed by atoms with Crippen molar-refractivity contribution >= 4 is 47.4 Å². The number of hydrogen-bond donors (Lipinski definition) is 2. The van der Waals surface area contributed by atoms with Gasteiger partial charge in [-0.3, -0.25) is 0 Å². The van der Waals surface area contributed by atoms with Crippen molar-refractivity contribution in [2.24, 2.45) is 5.73 Å². The van der Waals surface area contributed by atoms with Gasteiger partial charge in [0.15, 0.2) is 26.7 Å². The van der Waals surface area contributed by atoms with E-state index in [-0.39, 0.29) is 18.0 Å². The van der Waals surface area contributed by atoms with E-state index in [2.05, 4.69) is 10.3 Å². The molecule has 2 aromatic heterocycles. The quantitative estimate of drug-likeness (QED) is 0.240. The molecule has 0 aliphatic rings. The third-order valence-corrected chi connectivity index (χ3v) is 7.98. The van der Waals surface area contributed by atoms with Gasteiger partial charge in [-0.25, -0.2) is 18.4 Å². The average Bonchev–Trinajstić information content (AvgIpc) is 2.91. The molecule has 0 saturated carbocycles. The van der Waals surface area contributed by atoms with E-state index in [4.69, 9.17) is 29.1 Å². The Balaban J connectivity index is 2.10. The number of ether oxygens (including phenoxy) is 3. The van der Waals surface area contributed by atoms with E-state index in [1.54, 1.807) is 19.2 Å². The Morgan fingerprint density at radius 2 is 1.56 bits per heavy atom. The zero-order valence-corrected chi connectivity index (χ0v) is 25.1. The van der Waals surface area contributed by atoms with Crippen LogP contribution in [0.25, 0.3) is 21.7 Å². The summed E-state index contributed by atoms with van der Waals surface area (Å²) in [6.07, 6.45) is 1.94. The SMILES string of the molecule is CCNc1nc2ccc(OC)cc2cc1Cc1c(OS(C)(=O)=O)nc(C(N)S(C)(=O)=O)c2cc(OC)c(OC)cc12. The number of sulfone groups is 1. The Labute approximate surface area is 238 Å². The highest BCUT2D eigenvalue weighted by Gasteiger charge is 2.28. The maximum atomic E-state index is 12.5. The lowest BCUT2D eigenvalue weighted by Gasteiger charge is -2.20. The Morgan fingerprint density at radius 1 is 0.902 bits per heavy atom. The van der Waals surface area contributed by atoms with Gasteiger partial charge in [0, 0.05) is 35.6 Å². The predicted molar refractivity (Wildman–Crippen MR) is 157 cm³/mol. The Morgan fingerprint density at radius 3 is 2.12 bits per heavy atom. The number of rotatable bonds is 11. The van der Waals surface area contributed by atoms with E-state index < -0.39 is 25.3 Å². The molecule has 0 amide bonds. The highest BCUT2D eigenvalue weighted by Crippen LogP contribution is 2.41. The van der Waals surface area contributed by atoms with Crippen molar-refractivity contribution in [2.45, 2.75) is 18.7 Å². The first-order valence-corrected chi connectivity index (χ1v) is 16.2. The number of nitrogens with one attached hydrogen (secondary N) is 1. The Hall–Kier alpha value is -3.88. The maximum absolute atomic E-state index is 12.5. The number of nitrogens with zero attached hydrogens (tertiary/aromatic N) is 2. The fraction of sp³-hybridized carbons (Fsp3) is 0.333. The molecule has 4 aromatic rings. The monoisotopic (exact) mass is 604 g/mol. The van der Waals surface area contributed by atoms with Crippen LogP contribution in [-0.4, -0.2) is 67.2 Å². The van der Waals surface area contributed by atoms with Crippen LogP contribution in [-0.2, 0) is 26.4 Å². The van der Waals surface area contributed by atoms with Gasteiger partial charge < -0.3 is 29.4 Å². The van der Waals surface area contributed by atoms with Gasteiger partial charge in [-0.1, -0.05) is 0 Å². The molecule has 12 nitrogen and oxygen atoms in total. The fourth-order valence-electron chi connectivity index (χ4n) is 4.47. The lowest BCUT2D eigenvalue weighted by atomic mass is 9.97. The molecule has 0 spiro atoms. The van der Waals surface area contributed by atoms with Crippen molar-refractivity contribution in [1.29, 1.82) is 0 Å². The third-order valence-electron chi connectivity index (χ3n) is 6.38. The molecule has 0 aliphatic heterocycles. The molecule has 0 radical (unpaired) electrons. The molecule has 2 aromatic carbocycles. The van der Waals surface area contributed by atoms with Crippen molar-refractivity contribution in [2.75, 3.05) is 45.7 Å². The molecule has 0 bridgehead atoms. The molecule has 1 unspecified atom stereocenters. The molecule has 0 saturated heterocycles. The molecule has 41 heavy (non-hydrogen) atoms. The second-order valence-corrected chi connectivity index (χ2v) is 13.1. The second kappa shape index (κ2) is 11.5. The number of fused-ring (bicyclic) bond motifs is 2. The smallest absolute Gasteiger partial charge is 0.307 e. The van der Waals surface area contributed by atoms with Crippen LogP contribution in [0.1, 0.15) is 29.1 Å². The molecule has 0 fully saturated rings. The van der Waals surface area contributed by atoms with Crippen LogP contribution in [0.15, 0.2) is 36.4 Å². The molecule has 1 atom stereocenters. The minimum Gasteiger partial charge on any atom is -0.497 e. The molecule has 2 heterocycles. The molecule has 4 rings (SSSR count). The number of methoxy groups -OCH3 is 3. The highest BCUT2D eigenvalue weighted by molar-refractivity contribution is 7.90. The number of aromatic nitrogens is 2. The number of anilines is 1. The number of nitrogens with two attached hydrogens (primary N) is 1. The standard InChI is InChI=1S/C27H32N4O8S2/c1-7-29-26-16(10-15-11-17(36-2)8-9-21(15)30-26)12-20-18-13-22(37-3)23(38-4)14-19(18)24(25(28)40(5,32)33)31-27(20)39-41(6,34)35/h8-11,13-14,25H,7,12,28H2,1-6H3,(H,29,30). The largest absolute Gasteiger partial charge is 0.497 e. The van der Waals surface area contributed by atoms with Gasteiger partial charge >= 0.3 is 10.1 Å². The number of benzene rings is 2. The van der Waals surface area contributed by atoms with Crippen molar-refractivity contribution in [1.82, 2.24) is 9.97 Å². The molecule has 0 aliphatic carbocycles. The molecule has 14 heteroatoms. The lowest BCUT2D eigenvalue weighted by molar-refractivity contribution is 0.356. The molecule has 220 valence electrons. The van der Waals surface area contributed by atoms with Crippen LogP contribution in [0, 0.1) is 0 Å². The second-order valence-electron chi connectivity index (χ2n) is 9.33. The molecule has 3 N–H and O–H groups in total. The zero-order chi connectivity index (χ0) is 30.1. The van der Waals surface area contributed by atoms with Crippen LogP contribution in [0.4, 0.5) is 5.82 Å². The van der Waals surface area contributed by atoms with Crippen molar-refractivity contribution in [3.8, 4) is 23.1 Å². The summed E-state index contributed by atoms with van der Waals surface area (Å²) in [4.78, 5) is 9.15. The summed E-state index contributed by atoms with van der Waals surface area (Å²) in [6, 6.07) is 10.6. The summed E-state index contributed by atoms with van der Waals surface area (Å²) in [5.74, 6) is 1.53. The fourth-order valence-corrected chi connectivity index (χ4v) is 5.48. The third kappa shape index (κ3) is 6.39. The normalized spacial score (nSPS) is 12.8. The van der Waals surface area contributed by atoms with Crippen LogP contribution < -0.4 is 29.4 Å². The highest BCUT2D eigenvalue weighted by atomic mass is 32.2. The van der Waals surface area contributed by atoms with Gasteiger partial charge in [-0.15, -0.1) is 0 Å². The van der Waals surface area contributed by atoms with Gasteiger partial charge in [-0.05, 0) is 54.3 Å². The van der Waals surface area contributed by atoms with Crippen LogP contribution in [0.2, 0.25) is 0 Å². The first kappa shape index (κ1) is 30.1. The molecular formula is C27H32N4O8S2.